The van der Waals surface area contributed by atoms with Crippen LogP contribution in [0.25, 0.3) is 0 Å². The van der Waals surface area contributed by atoms with E-state index in [1.165, 1.54) is 12.8 Å². The molecule has 0 amide bonds. The van der Waals surface area contributed by atoms with Gasteiger partial charge in [0.1, 0.15) is 0 Å². The molecule has 1 aromatic heterocycles. The summed E-state index contributed by atoms with van der Waals surface area (Å²) in [4.78, 5) is 2.23. The van der Waals surface area contributed by atoms with Crippen LogP contribution in [-0.4, -0.2) is 29.8 Å². The maximum atomic E-state index is 5.74. The van der Waals surface area contributed by atoms with Crippen LogP contribution >= 0.6 is 0 Å². The Morgan fingerprint density at radius 2 is 2.18 bits per heavy atom. The molecule has 0 aliphatic carbocycles. The van der Waals surface area contributed by atoms with Crippen molar-refractivity contribution in [1.29, 1.82) is 0 Å². The van der Waals surface area contributed by atoms with Crippen molar-refractivity contribution in [2.24, 2.45) is 5.92 Å². The Labute approximate surface area is 103 Å². The van der Waals surface area contributed by atoms with Gasteiger partial charge in [-0.05, 0) is 39.7 Å². The van der Waals surface area contributed by atoms with Crippen LogP contribution in [-0.2, 0) is 0 Å². The molecule has 5 nitrogen and oxygen atoms in total. The molecule has 0 saturated carbocycles. The van der Waals surface area contributed by atoms with Crippen LogP contribution in [0.2, 0.25) is 0 Å². The maximum Gasteiger partial charge on any atom is 0.318 e. The van der Waals surface area contributed by atoms with Crippen LogP contribution < -0.4 is 10.2 Å². The van der Waals surface area contributed by atoms with Gasteiger partial charge in [0.2, 0.25) is 5.89 Å². The quantitative estimate of drug-likeness (QED) is 0.872. The van der Waals surface area contributed by atoms with Gasteiger partial charge in [-0.2, -0.15) is 0 Å². The molecule has 1 aromatic rings. The number of rotatable bonds is 3. The van der Waals surface area contributed by atoms with Crippen LogP contribution in [0.4, 0.5) is 6.01 Å². The Morgan fingerprint density at radius 3 is 2.88 bits per heavy atom. The lowest BCUT2D eigenvalue weighted by atomic mass is 9.92. The Kier molecular flexibility index (Phi) is 3.66. The summed E-state index contributed by atoms with van der Waals surface area (Å²) in [7, 11) is 1.89. The van der Waals surface area contributed by atoms with E-state index in [0.717, 1.165) is 6.54 Å². The normalized spacial score (nSPS) is 27.2. The highest BCUT2D eigenvalue weighted by Crippen LogP contribution is 2.28. The molecule has 0 spiro atoms. The molecular formula is C12H22N4O. The van der Waals surface area contributed by atoms with Crippen molar-refractivity contribution >= 4 is 6.01 Å². The molecule has 1 aliphatic heterocycles. The number of nitrogens with zero attached hydrogens (tertiary/aromatic N) is 3. The topological polar surface area (TPSA) is 54.2 Å². The van der Waals surface area contributed by atoms with Gasteiger partial charge < -0.3 is 14.6 Å². The van der Waals surface area contributed by atoms with Crippen LogP contribution in [0.1, 0.15) is 45.5 Å². The molecule has 5 heteroatoms. The van der Waals surface area contributed by atoms with E-state index < -0.39 is 0 Å². The third-order valence-corrected chi connectivity index (χ3v) is 3.85. The van der Waals surface area contributed by atoms with E-state index in [1.54, 1.807) is 0 Å². The zero-order valence-electron chi connectivity index (χ0n) is 11.1. The predicted octanol–water partition coefficient (Wildman–Crippen LogP) is 1.97. The van der Waals surface area contributed by atoms with Crippen LogP contribution in [0.15, 0.2) is 4.42 Å². The minimum absolute atomic E-state index is 0.105. The molecule has 96 valence electrons. The summed E-state index contributed by atoms with van der Waals surface area (Å²) in [5.41, 5.74) is 0. The van der Waals surface area contributed by atoms with Gasteiger partial charge in [-0.3, -0.25) is 0 Å². The summed E-state index contributed by atoms with van der Waals surface area (Å²) in [6.07, 6.45) is 2.48. The van der Waals surface area contributed by atoms with E-state index in [2.05, 4.69) is 34.3 Å². The number of hydrogen-bond donors (Lipinski definition) is 1. The average molecular weight is 238 g/mol. The minimum Gasteiger partial charge on any atom is -0.406 e. The van der Waals surface area contributed by atoms with Crippen molar-refractivity contribution in [3.63, 3.8) is 0 Å². The fourth-order valence-electron chi connectivity index (χ4n) is 2.25. The highest BCUT2D eigenvalue weighted by atomic mass is 16.4. The summed E-state index contributed by atoms with van der Waals surface area (Å²) < 4.78 is 5.74. The fourth-order valence-corrected chi connectivity index (χ4v) is 2.25. The maximum absolute atomic E-state index is 5.74. The summed E-state index contributed by atoms with van der Waals surface area (Å²) in [6, 6.07) is 1.25. The molecule has 17 heavy (non-hydrogen) atoms. The lowest BCUT2D eigenvalue weighted by Crippen LogP contribution is -2.42. The van der Waals surface area contributed by atoms with Crippen molar-refractivity contribution in [3.8, 4) is 0 Å². The van der Waals surface area contributed by atoms with Crippen LogP contribution in [0.5, 0.6) is 0 Å². The van der Waals surface area contributed by atoms with Gasteiger partial charge >= 0.3 is 6.01 Å². The average Bonchev–Trinajstić information content (AvgIpc) is 2.81. The molecule has 1 aliphatic rings. The number of piperidine rings is 1. The van der Waals surface area contributed by atoms with Crippen molar-refractivity contribution in [2.45, 2.75) is 45.7 Å². The third kappa shape index (κ3) is 2.44. The molecule has 0 aromatic carbocycles. The first-order valence-electron chi connectivity index (χ1n) is 6.40. The molecule has 2 rings (SSSR count). The lowest BCUT2D eigenvalue weighted by Gasteiger charge is -2.36. The number of anilines is 1. The number of nitrogens with one attached hydrogen (secondary N) is 1. The zero-order chi connectivity index (χ0) is 12.4. The Balaban J connectivity index is 2.13. The van der Waals surface area contributed by atoms with Gasteiger partial charge in [0.25, 0.3) is 0 Å². The molecule has 3 unspecified atom stereocenters. The second-order valence-corrected chi connectivity index (χ2v) is 4.99. The van der Waals surface area contributed by atoms with E-state index in [-0.39, 0.29) is 6.04 Å². The molecule has 1 fully saturated rings. The zero-order valence-corrected chi connectivity index (χ0v) is 11.1. The summed E-state index contributed by atoms with van der Waals surface area (Å²) >= 11 is 0. The first-order valence-corrected chi connectivity index (χ1v) is 6.40. The van der Waals surface area contributed by atoms with Gasteiger partial charge in [-0.25, -0.2) is 0 Å². The standard InChI is InChI=1S/C12H22N4O/c1-8-6-5-7-16(10(8)3)12-15-14-11(17-12)9(2)13-4/h8-10,13H,5-7H2,1-4H3. The Morgan fingerprint density at radius 1 is 1.41 bits per heavy atom. The SMILES string of the molecule is CNC(C)c1nnc(N2CCCC(C)C2C)o1. The largest absolute Gasteiger partial charge is 0.406 e. The molecule has 1 saturated heterocycles. The van der Waals surface area contributed by atoms with E-state index in [4.69, 9.17) is 4.42 Å². The van der Waals surface area contributed by atoms with Crippen molar-refractivity contribution in [3.05, 3.63) is 5.89 Å². The van der Waals surface area contributed by atoms with Crippen LogP contribution in [0.3, 0.4) is 0 Å². The highest BCUT2D eigenvalue weighted by Gasteiger charge is 2.28. The Hall–Kier alpha value is -1.10. The van der Waals surface area contributed by atoms with Crippen molar-refractivity contribution in [1.82, 2.24) is 15.5 Å². The highest BCUT2D eigenvalue weighted by molar-refractivity contribution is 5.27. The van der Waals surface area contributed by atoms with E-state index in [0.29, 0.717) is 23.9 Å². The van der Waals surface area contributed by atoms with E-state index in [9.17, 15) is 0 Å². The van der Waals surface area contributed by atoms with Gasteiger partial charge in [-0.1, -0.05) is 12.0 Å². The summed E-state index contributed by atoms with van der Waals surface area (Å²) in [5.74, 6) is 1.34. The first-order chi connectivity index (χ1) is 8.13. The van der Waals surface area contributed by atoms with E-state index in [1.807, 2.05) is 14.0 Å². The molecular weight excluding hydrogens is 216 g/mol. The Bertz CT molecular complexity index is 365. The van der Waals surface area contributed by atoms with Crippen LogP contribution in [0, 0.1) is 5.92 Å². The molecule has 1 N–H and O–H groups in total. The number of aromatic nitrogens is 2. The van der Waals surface area contributed by atoms with Gasteiger partial charge in [-0.15, -0.1) is 5.10 Å². The smallest absolute Gasteiger partial charge is 0.318 e. The van der Waals surface area contributed by atoms with Crippen molar-refractivity contribution < 1.29 is 4.42 Å². The lowest BCUT2D eigenvalue weighted by molar-refractivity contribution is 0.335. The second kappa shape index (κ2) is 5.04. The summed E-state index contributed by atoms with van der Waals surface area (Å²) in [6.45, 7) is 7.54. The predicted molar refractivity (Wildman–Crippen MR) is 67.0 cm³/mol. The first kappa shape index (κ1) is 12.4. The minimum atomic E-state index is 0.105. The molecule has 3 atom stereocenters. The van der Waals surface area contributed by atoms with E-state index >= 15 is 0 Å². The second-order valence-electron chi connectivity index (χ2n) is 4.99. The monoisotopic (exact) mass is 238 g/mol. The molecule has 2 heterocycles. The number of hydrogen-bond acceptors (Lipinski definition) is 5. The summed E-state index contributed by atoms with van der Waals surface area (Å²) in [5, 5.41) is 11.4. The fraction of sp³-hybridized carbons (Fsp3) is 0.833. The molecule has 0 bridgehead atoms. The van der Waals surface area contributed by atoms with Gasteiger partial charge in [0.15, 0.2) is 0 Å². The van der Waals surface area contributed by atoms with Gasteiger partial charge in [0.05, 0.1) is 6.04 Å². The third-order valence-electron chi connectivity index (χ3n) is 3.85. The molecule has 0 radical (unpaired) electrons. The van der Waals surface area contributed by atoms with Crippen molar-refractivity contribution in [2.75, 3.05) is 18.5 Å². The van der Waals surface area contributed by atoms with Gasteiger partial charge in [0, 0.05) is 12.6 Å².